The lowest BCUT2D eigenvalue weighted by molar-refractivity contribution is 0.0601. The molecule has 3 aromatic rings. The molecule has 25 heavy (non-hydrogen) atoms. The zero-order valence-corrected chi connectivity index (χ0v) is 14.2. The molecule has 1 aromatic heterocycles. The first-order valence-corrected chi connectivity index (χ1v) is 7.87. The van der Waals surface area contributed by atoms with E-state index in [0.717, 1.165) is 11.3 Å². The van der Waals surface area contributed by atoms with Gasteiger partial charge in [-0.1, -0.05) is 35.9 Å². The van der Waals surface area contributed by atoms with E-state index >= 15 is 0 Å². The average molecular weight is 355 g/mol. The summed E-state index contributed by atoms with van der Waals surface area (Å²) in [5.74, 6) is 0.738. The first-order chi connectivity index (χ1) is 12.2. The molecule has 0 bridgehead atoms. The standard InChI is InChI=1S/C19H15ClN2O3/c1-24-19(23)16-9-7-13(11-17(16)20)18-10-8-15(25-18)12-21-22-14-5-3-2-4-6-14/h2-12,22H,1H3/b21-12-. The second-order valence-corrected chi connectivity index (χ2v) is 5.53. The molecular weight excluding hydrogens is 340 g/mol. The summed E-state index contributed by atoms with van der Waals surface area (Å²) in [6.45, 7) is 0. The summed E-state index contributed by atoms with van der Waals surface area (Å²) in [5.41, 5.74) is 4.87. The Balaban J connectivity index is 1.73. The van der Waals surface area contributed by atoms with Crippen molar-refractivity contribution < 1.29 is 13.9 Å². The molecule has 0 saturated heterocycles. The molecule has 0 aliphatic rings. The normalized spacial score (nSPS) is 10.8. The molecule has 0 unspecified atom stereocenters. The van der Waals surface area contributed by atoms with Crippen LogP contribution >= 0.6 is 11.6 Å². The van der Waals surface area contributed by atoms with Gasteiger partial charge in [0.2, 0.25) is 0 Å². The Kier molecular flexibility index (Phi) is 5.16. The first kappa shape index (κ1) is 16.8. The van der Waals surface area contributed by atoms with Gasteiger partial charge < -0.3 is 9.15 Å². The molecule has 0 fully saturated rings. The minimum Gasteiger partial charge on any atom is -0.465 e. The number of furan rings is 1. The van der Waals surface area contributed by atoms with Crippen LogP contribution in [0.2, 0.25) is 5.02 Å². The fraction of sp³-hybridized carbons (Fsp3) is 0.0526. The molecule has 0 radical (unpaired) electrons. The molecule has 0 aliphatic heterocycles. The van der Waals surface area contributed by atoms with Crippen LogP contribution in [0.1, 0.15) is 16.1 Å². The summed E-state index contributed by atoms with van der Waals surface area (Å²) >= 11 is 6.13. The van der Waals surface area contributed by atoms with Crippen LogP contribution in [0.3, 0.4) is 0 Å². The number of nitrogens with zero attached hydrogens (tertiary/aromatic N) is 1. The van der Waals surface area contributed by atoms with Gasteiger partial charge in [-0.05, 0) is 36.4 Å². The number of methoxy groups -OCH3 is 1. The average Bonchev–Trinajstić information content (AvgIpc) is 3.11. The number of carbonyl (C=O) groups excluding carboxylic acids is 1. The molecule has 1 heterocycles. The Morgan fingerprint density at radius 3 is 2.68 bits per heavy atom. The Labute approximate surface area is 149 Å². The Morgan fingerprint density at radius 1 is 1.16 bits per heavy atom. The van der Waals surface area contributed by atoms with Crippen LogP contribution in [0.5, 0.6) is 0 Å². The van der Waals surface area contributed by atoms with Crippen LogP contribution in [0.4, 0.5) is 5.69 Å². The smallest absolute Gasteiger partial charge is 0.339 e. The molecule has 6 heteroatoms. The third-order valence-electron chi connectivity index (χ3n) is 3.44. The van der Waals surface area contributed by atoms with Crippen molar-refractivity contribution in [2.75, 3.05) is 12.5 Å². The number of rotatable bonds is 5. The van der Waals surface area contributed by atoms with E-state index in [4.69, 9.17) is 16.0 Å². The monoisotopic (exact) mass is 354 g/mol. The van der Waals surface area contributed by atoms with Gasteiger partial charge in [0.25, 0.3) is 0 Å². The Hall–Kier alpha value is -3.05. The molecule has 0 aliphatic carbocycles. The molecule has 3 rings (SSSR count). The number of nitrogens with one attached hydrogen (secondary N) is 1. The lowest BCUT2D eigenvalue weighted by Crippen LogP contribution is -2.01. The third kappa shape index (κ3) is 4.08. The molecule has 126 valence electrons. The molecule has 0 spiro atoms. The molecule has 0 atom stereocenters. The maximum Gasteiger partial charge on any atom is 0.339 e. The van der Waals surface area contributed by atoms with Crippen LogP contribution in [0, 0.1) is 0 Å². The minimum absolute atomic E-state index is 0.307. The third-order valence-corrected chi connectivity index (χ3v) is 3.76. The molecular formula is C19H15ClN2O3. The lowest BCUT2D eigenvalue weighted by atomic mass is 10.1. The SMILES string of the molecule is COC(=O)c1ccc(-c2ccc(/C=N\Nc3ccccc3)o2)cc1Cl. The number of halogens is 1. The number of carbonyl (C=O) groups is 1. The van der Waals surface area contributed by atoms with Gasteiger partial charge in [-0.3, -0.25) is 5.43 Å². The second-order valence-electron chi connectivity index (χ2n) is 5.12. The van der Waals surface area contributed by atoms with Crippen LogP contribution in [0.15, 0.2) is 70.2 Å². The summed E-state index contributed by atoms with van der Waals surface area (Å²) < 4.78 is 10.4. The molecule has 2 aromatic carbocycles. The lowest BCUT2D eigenvalue weighted by Gasteiger charge is -2.04. The van der Waals surface area contributed by atoms with Crippen LogP contribution in [0.25, 0.3) is 11.3 Å². The number of hydrogen-bond donors (Lipinski definition) is 1. The van der Waals surface area contributed by atoms with E-state index in [1.807, 2.05) is 36.4 Å². The van der Waals surface area contributed by atoms with E-state index in [1.165, 1.54) is 7.11 Å². The van der Waals surface area contributed by atoms with Gasteiger partial charge in [0.05, 0.1) is 29.6 Å². The van der Waals surface area contributed by atoms with Crippen LogP contribution in [-0.2, 0) is 4.74 Å². The van der Waals surface area contributed by atoms with Gasteiger partial charge in [-0.15, -0.1) is 0 Å². The minimum atomic E-state index is -0.476. The maximum absolute atomic E-state index is 11.6. The number of hydrazone groups is 1. The predicted molar refractivity (Wildman–Crippen MR) is 98.2 cm³/mol. The number of benzene rings is 2. The Morgan fingerprint density at radius 2 is 1.96 bits per heavy atom. The summed E-state index contributed by atoms with van der Waals surface area (Å²) in [6, 6.07) is 18.2. The van der Waals surface area contributed by atoms with Gasteiger partial charge >= 0.3 is 5.97 Å². The van der Waals surface area contributed by atoms with E-state index in [0.29, 0.717) is 22.1 Å². The van der Waals surface area contributed by atoms with Crippen molar-refractivity contribution in [3.8, 4) is 11.3 Å². The largest absolute Gasteiger partial charge is 0.465 e. The molecule has 5 nitrogen and oxygen atoms in total. The number of esters is 1. The fourth-order valence-corrected chi connectivity index (χ4v) is 2.46. The predicted octanol–water partition coefficient (Wildman–Crippen LogP) is 4.83. The van der Waals surface area contributed by atoms with E-state index in [-0.39, 0.29) is 0 Å². The second kappa shape index (κ2) is 7.68. The van der Waals surface area contributed by atoms with Crippen LogP contribution in [-0.4, -0.2) is 19.3 Å². The van der Waals surface area contributed by atoms with E-state index in [1.54, 1.807) is 30.5 Å². The van der Waals surface area contributed by atoms with Crippen molar-refractivity contribution in [2.24, 2.45) is 5.10 Å². The van der Waals surface area contributed by atoms with Gasteiger partial charge in [-0.2, -0.15) is 5.10 Å². The van der Waals surface area contributed by atoms with Crippen molar-refractivity contribution >= 4 is 29.5 Å². The molecule has 0 amide bonds. The zero-order chi connectivity index (χ0) is 17.6. The quantitative estimate of drug-likeness (QED) is 0.405. The summed E-state index contributed by atoms with van der Waals surface area (Å²) in [5, 5.41) is 4.44. The highest BCUT2D eigenvalue weighted by Gasteiger charge is 2.12. The molecule has 0 saturated carbocycles. The molecule has 1 N–H and O–H groups in total. The zero-order valence-electron chi connectivity index (χ0n) is 13.4. The highest BCUT2D eigenvalue weighted by atomic mass is 35.5. The van der Waals surface area contributed by atoms with Crippen molar-refractivity contribution in [1.29, 1.82) is 0 Å². The number of anilines is 1. The van der Waals surface area contributed by atoms with E-state index in [9.17, 15) is 4.79 Å². The van der Waals surface area contributed by atoms with Crippen LogP contribution < -0.4 is 5.43 Å². The van der Waals surface area contributed by atoms with E-state index < -0.39 is 5.97 Å². The number of para-hydroxylation sites is 1. The van der Waals surface area contributed by atoms with Crippen molar-refractivity contribution in [2.45, 2.75) is 0 Å². The fourth-order valence-electron chi connectivity index (χ4n) is 2.20. The highest BCUT2D eigenvalue weighted by molar-refractivity contribution is 6.33. The van der Waals surface area contributed by atoms with E-state index in [2.05, 4.69) is 15.3 Å². The van der Waals surface area contributed by atoms with Gasteiger partial charge in [0.1, 0.15) is 11.5 Å². The summed E-state index contributed by atoms with van der Waals surface area (Å²) in [6.07, 6.45) is 1.58. The van der Waals surface area contributed by atoms with Gasteiger partial charge in [0, 0.05) is 5.56 Å². The maximum atomic E-state index is 11.6. The Bertz CT molecular complexity index is 904. The first-order valence-electron chi connectivity index (χ1n) is 7.49. The van der Waals surface area contributed by atoms with Crippen molar-refractivity contribution in [1.82, 2.24) is 0 Å². The van der Waals surface area contributed by atoms with Crippen molar-refractivity contribution in [3.63, 3.8) is 0 Å². The number of hydrogen-bond acceptors (Lipinski definition) is 5. The topological polar surface area (TPSA) is 63.8 Å². The van der Waals surface area contributed by atoms with Gasteiger partial charge in [-0.25, -0.2) is 4.79 Å². The van der Waals surface area contributed by atoms with Crippen molar-refractivity contribution in [3.05, 3.63) is 77.0 Å². The summed E-state index contributed by atoms with van der Waals surface area (Å²) in [7, 11) is 1.31. The summed E-state index contributed by atoms with van der Waals surface area (Å²) in [4.78, 5) is 11.6. The van der Waals surface area contributed by atoms with Gasteiger partial charge in [0.15, 0.2) is 0 Å². The highest BCUT2D eigenvalue weighted by Crippen LogP contribution is 2.27. The number of ether oxygens (including phenoxy) is 1.